The van der Waals surface area contributed by atoms with Crippen molar-refractivity contribution in [1.82, 2.24) is 15.1 Å². The number of methoxy groups -OCH3 is 1. The topological polar surface area (TPSA) is 99.5 Å². The Hall–Kier alpha value is -3.95. The maximum Gasteiger partial charge on any atom is 0.387 e. The van der Waals surface area contributed by atoms with E-state index in [0.717, 1.165) is 35.0 Å². The lowest BCUT2D eigenvalue weighted by Crippen LogP contribution is -2.08. The van der Waals surface area contributed by atoms with Gasteiger partial charge in [-0.1, -0.05) is 5.16 Å². The fraction of sp³-hybridized carbons (Fsp3) is 0.320. The number of carbonyl (C=O) groups excluding carboxylic acids is 1. The molecule has 5 rings (SSSR count). The Balaban J connectivity index is 1.42. The minimum absolute atomic E-state index is 0.0842. The van der Waals surface area contributed by atoms with Gasteiger partial charge in [0.25, 0.3) is 5.89 Å². The van der Waals surface area contributed by atoms with Crippen LogP contribution >= 0.6 is 0 Å². The fourth-order valence-electron chi connectivity index (χ4n) is 4.57. The van der Waals surface area contributed by atoms with E-state index in [0.29, 0.717) is 24.4 Å². The molecule has 2 aromatic carbocycles. The number of rotatable bonds is 8. The van der Waals surface area contributed by atoms with Crippen molar-refractivity contribution in [3.8, 4) is 34.3 Å². The number of aryl methyl sites for hydroxylation is 1. The number of carbonyl (C=O) groups is 1. The fourth-order valence-corrected chi connectivity index (χ4v) is 4.57. The highest BCUT2D eigenvalue weighted by molar-refractivity contribution is 5.89. The monoisotopic (exact) mass is 483 g/mol. The molecule has 0 spiro atoms. The first-order valence-electron chi connectivity index (χ1n) is 11.2. The van der Waals surface area contributed by atoms with E-state index < -0.39 is 6.61 Å². The van der Waals surface area contributed by atoms with Crippen molar-refractivity contribution in [3.63, 3.8) is 0 Å². The van der Waals surface area contributed by atoms with Gasteiger partial charge in [-0.15, -0.1) is 0 Å². The Morgan fingerprint density at radius 1 is 1.20 bits per heavy atom. The van der Waals surface area contributed by atoms with Crippen LogP contribution in [0.3, 0.4) is 0 Å². The number of nitrogens with zero attached hydrogens (tertiary/aromatic N) is 2. The highest BCUT2D eigenvalue weighted by Crippen LogP contribution is 2.41. The highest BCUT2D eigenvalue weighted by Gasteiger charge is 2.29. The van der Waals surface area contributed by atoms with E-state index in [2.05, 4.69) is 19.9 Å². The third-order valence-electron chi connectivity index (χ3n) is 6.12. The van der Waals surface area contributed by atoms with Gasteiger partial charge in [0.05, 0.1) is 20.1 Å². The number of halogens is 2. The molecule has 0 aliphatic heterocycles. The number of hydrogen-bond donors (Lipinski definition) is 1. The quantitative estimate of drug-likeness (QED) is 0.331. The number of nitrogens with one attached hydrogen (secondary N) is 1. The largest absolute Gasteiger partial charge is 0.493 e. The SMILES string of the molecule is CCOC(=O)CC1CCc2c1[nH]c1ccc(-c3noc(-c4ccc(OC(F)F)c(OC)c4)n3)cc21. The van der Waals surface area contributed by atoms with E-state index in [1.807, 2.05) is 18.2 Å². The number of alkyl halides is 2. The van der Waals surface area contributed by atoms with Crippen molar-refractivity contribution in [2.75, 3.05) is 13.7 Å². The summed E-state index contributed by atoms with van der Waals surface area (Å²) in [5, 5.41) is 5.16. The van der Waals surface area contributed by atoms with Crippen LogP contribution in [0.25, 0.3) is 33.7 Å². The first-order valence-corrected chi connectivity index (χ1v) is 11.2. The highest BCUT2D eigenvalue weighted by atomic mass is 19.3. The van der Waals surface area contributed by atoms with Crippen LogP contribution < -0.4 is 9.47 Å². The zero-order chi connectivity index (χ0) is 24.5. The zero-order valence-electron chi connectivity index (χ0n) is 19.1. The number of hydrogen-bond acceptors (Lipinski definition) is 7. The van der Waals surface area contributed by atoms with Gasteiger partial charge in [0.15, 0.2) is 11.5 Å². The predicted molar refractivity (Wildman–Crippen MR) is 123 cm³/mol. The molecule has 1 N–H and O–H groups in total. The van der Waals surface area contributed by atoms with Gasteiger partial charge in [-0.25, -0.2) is 0 Å². The van der Waals surface area contributed by atoms with E-state index >= 15 is 0 Å². The summed E-state index contributed by atoms with van der Waals surface area (Å²) >= 11 is 0. The smallest absolute Gasteiger partial charge is 0.387 e. The summed E-state index contributed by atoms with van der Waals surface area (Å²) in [6.45, 7) is -0.782. The Morgan fingerprint density at radius 2 is 2.03 bits per heavy atom. The maximum atomic E-state index is 12.6. The summed E-state index contributed by atoms with van der Waals surface area (Å²) in [5.41, 5.74) is 4.53. The second kappa shape index (κ2) is 9.36. The Labute approximate surface area is 199 Å². The minimum Gasteiger partial charge on any atom is -0.493 e. The second-order valence-corrected chi connectivity index (χ2v) is 8.19. The summed E-state index contributed by atoms with van der Waals surface area (Å²) in [6, 6.07) is 10.3. The summed E-state index contributed by atoms with van der Waals surface area (Å²) in [5.74, 6) is 0.585. The number of benzene rings is 2. The van der Waals surface area contributed by atoms with E-state index in [1.165, 1.54) is 24.8 Å². The van der Waals surface area contributed by atoms with E-state index in [-0.39, 0.29) is 29.3 Å². The molecule has 0 saturated heterocycles. The van der Waals surface area contributed by atoms with Gasteiger partial charge in [-0.05, 0) is 61.7 Å². The van der Waals surface area contributed by atoms with Crippen molar-refractivity contribution >= 4 is 16.9 Å². The van der Waals surface area contributed by atoms with Crippen LogP contribution in [0.2, 0.25) is 0 Å². The number of aromatic nitrogens is 3. The number of H-pyrrole nitrogens is 1. The van der Waals surface area contributed by atoms with Crippen molar-refractivity contribution < 1.29 is 32.3 Å². The number of fused-ring (bicyclic) bond motifs is 3. The molecule has 1 unspecified atom stereocenters. The molecule has 2 heterocycles. The molecule has 0 bridgehead atoms. The van der Waals surface area contributed by atoms with Gasteiger partial charge in [0, 0.05) is 33.6 Å². The lowest BCUT2D eigenvalue weighted by molar-refractivity contribution is -0.143. The molecule has 1 atom stereocenters. The molecule has 10 heteroatoms. The molecule has 1 aliphatic rings. The van der Waals surface area contributed by atoms with E-state index in [4.69, 9.17) is 14.0 Å². The molecular weight excluding hydrogens is 460 g/mol. The molecule has 0 amide bonds. The molecule has 8 nitrogen and oxygen atoms in total. The molecule has 2 aromatic heterocycles. The lowest BCUT2D eigenvalue weighted by atomic mass is 10.0. The maximum absolute atomic E-state index is 12.6. The summed E-state index contributed by atoms with van der Waals surface area (Å²) in [6.07, 6.45) is 2.12. The van der Waals surface area contributed by atoms with Crippen molar-refractivity contribution in [3.05, 3.63) is 47.7 Å². The van der Waals surface area contributed by atoms with Crippen LogP contribution in [-0.2, 0) is 16.0 Å². The average molecular weight is 483 g/mol. The zero-order valence-corrected chi connectivity index (χ0v) is 19.1. The molecule has 1 aliphatic carbocycles. The predicted octanol–water partition coefficient (Wildman–Crippen LogP) is 5.48. The molecule has 0 saturated carbocycles. The average Bonchev–Trinajstić information content (AvgIpc) is 3.55. The molecule has 4 aromatic rings. The van der Waals surface area contributed by atoms with Crippen molar-refractivity contribution in [2.24, 2.45) is 0 Å². The summed E-state index contributed by atoms with van der Waals surface area (Å²) in [7, 11) is 1.36. The van der Waals surface area contributed by atoms with Gasteiger partial charge in [0.1, 0.15) is 0 Å². The molecule has 0 fully saturated rings. The Kier molecular flexibility index (Phi) is 6.10. The standard InChI is InChI=1S/C25H23F2N3O5/c1-3-33-21(31)12-13-4-7-16-17-10-14(5-8-18(17)28-22(13)16)23-29-24(35-30-23)15-6-9-19(34-25(26)27)20(11-15)32-2/h5-6,8-11,13,25,28H,3-4,7,12H2,1-2H3. The Morgan fingerprint density at radius 3 is 2.80 bits per heavy atom. The first kappa shape index (κ1) is 22.8. The van der Waals surface area contributed by atoms with Gasteiger partial charge in [0.2, 0.25) is 5.82 Å². The van der Waals surface area contributed by atoms with Crippen LogP contribution in [0.1, 0.15) is 36.9 Å². The summed E-state index contributed by atoms with van der Waals surface area (Å²) < 4.78 is 45.3. The van der Waals surface area contributed by atoms with Crippen LogP contribution in [-0.4, -0.2) is 41.4 Å². The number of ether oxygens (including phenoxy) is 3. The minimum atomic E-state index is -2.96. The molecule has 35 heavy (non-hydrogen) atoms. The van der Waals surface area contributed by atoms with Crippen LogP contribution in [0, 0.1) is 0 Å². The van der Waals surface area contributed by atoms with Crippen LogP contribution in [0.15, 0.2) is 40.9 Å². The van der Waals surface area contributed by atoms with Crippen molar-refractivity contribution in [1.29, 1.82) is 0 Å². The van der Waals surface area contributed by atoms with Crippen LogP contribution in [0.5, 0.6) is 11.5 Å². The van der Waals surface area contributed by atoms with Crippen molar-refractivity contribution in [2.45, 2.75) is 38.7 Å². The van der Waals surface area contributed by atoms with Gasteiger partial charge in [-0.3, -0.25) is 4.79 Å². The Bertz CT molecular complexity index is 1380. The van der Waals surface area contributed by atoms with Gasteiger partial charge in [-0.2, -0.15) is 13.8 Å². The molecule has 182 valence electrons. The summed E-state index contributed by atoms with van der Waals surface area (Å²) in [4.78, 5) is 19.9. The lowest BCUT2D eigenvalue weighted by Gasteiger charge is -2.10. The third kappa shape index (κ3) is 4.43. The van der Waals surface area contributed by atoms with E-state index in [1.54, 1.807) is 13.0 Å². The first-order chi connectivity index (χ1) is 17.0. The third-order valence-corrected chi connectivity index (χ3v) is 6.12. The normalized spacial score (nSPS) is 14.9. The van der Waals surface area contributed by atoms with E-state index in [9.17, 15) is 13.6 Å². The second-order valence-electron chi connectivity index (χ2n) is 8.19. The van der Waals surface area contributed by atoms with Gasteiger partial charge < -0.3 is 23.7 Å². The molecular formula is C25H23F2N3O5. The number of aromatic amines is 1. The number of esters is 1. The molecule has 0 radical (unpaired) electrons. The van der Waals surface area contributed by atoms with Gasteiger partial charge >= 0.3 is 12.6 Å². The van der Waals surface area contributed by atoms with Crippen LogP contribution in [0.4, 0.5) is 8.78 Å².